The first-order chi connectivity index (χ1) is 9.26. The van der Waals surface area contributed by atoms with Crippen LogP contribution in [0.25, 0.3) is 0 Å². The summed E-state index contributed by atoms with van der Waals surface area (Å²) in [5, 5.41) is 0. The molecular formula is C15H21NO3. The van der Waals surface area contributed by atoms with Crippen LogP contribution in [-0.4, -0.2) is 39.6 Å². The zero-order valence-corrected chi connectivity index (χ0v) is 11.4. The second-order valence-electron chi connectivity index (χ2n) is 5.51. The lowest BCUT2D eigenvalue weighted by atomic mass is 9.57. The van der Waals surface area contributed by atoms with Crippen molar-refractivity contribution < 1.29 is 14.2 Å². The van der Waals surface area contributed by atoms with Crippen molar-refractivity contribution in [2.24, 2.45) is 11.1 Å². The van der Waals surface area contributed by atoms with Gasteiger partial charge in [0.15, 0.2) is 0 Å². The molecule has 1 aromatic carbocycles. The van der Waals surface area contributed by atoms with Crippen molar-refractivity contribution >= 4 is 0 Å². The molecule has 2 heterocycles. The van der Waals surface area contributed by atoms with Crippen molar-refractivity contribution in [3.8, 4) is 5.75 Å². The average Bonchev–Trinajstić information content (AvgIpc) is 2.33. The van der Waals surface area contributed by atoms with Crippen molar-refractivity contribution in [2.75, 3.05) is 39.6 Å². The minimum atomic E-state index is 0.0186. The summed E-state index contributed by atoms with van der Waals surface area (Å²) < 4.78 is 16.4. The minimum Gasteiger partial charge on any atom is -0.494 e. The Bertz CT molecular complexity index is 430. The van der Waals surface area contributed by atoms with Crippen LogP contribution < -0.4 is 10.5 Å². The van der Waals surface area contributed by atoms with Gasteiger partial charge in [0.05, 0.1) is 38.4 Å². The predicted molar refractivity (Wildman–Crippen MR) is 72.4 cm³/mol. The fourth-order valence-corrected chi connectivity index (χ4v) is 3.06. The number of hydrogen-bond donors (Lipinski definition) is 1. The molecule has 0 amide bonds. The molecule has 2 aliphatic heterocycles. The molecule has 1 aromatic rings. The quantitative estimate of drug-likeness (QED) is 0.870. The molecular weight excluding hydrogens is 242 g/mol. The lowest BCUT2D eigenvalue weighted by Gasteiger charge is -2.59. The third-order valence-electron chi connectivity index (χ3n) is 4.58. The van der Waals surface area contributed by atoms with Crippen LogP contribution in [0.3, 0.4) is 0 Å². The van der Waals surface area contributed by atoms with Gasteiger partial charge in [-0.3, -0.25) is 0 Å². The zero-order chi connectivity index (χ0) is 13.3. The van der Waals surface area contributed by atoms with Crippen LogP contribution in [0.2, 0.25) is 0 Å². The average molecular weight is 263 g/mol. The van der Waals surface area contributed by atoms with Crippen molar-refractivity contribution in [3.05, 3.63) is 29.8 Å². The highest BCUT2D eigenvalue weighted by molar-refractivity contribution is 5.37. The summed E-state index contributed by atoms with van der Waals surface area (Å²) in [6.07, 6.45) is 0. The van der Waals surface area contributed by atoms with E-state index in [4.69, 9.17) is 19.9 Å². The maximum Gasteiger partial charge on any atom is 0.119 e. The smallest absolute Gasteiger partial charge is 0.119 e. The highest BCUT2D eigenvalue weighted by Crippen LogP contribution is 2.51. The lowest BCUT2D eigenvalue weighted by Crippen LogP contribution is -2.69. The second-order valence-corrected chi connectivity index (χ2v) is 5.51. The molecule has 19 heavy (non-hydrogen) atoms. The van der Waals surface area contributed by atoms with Crippen molar-refractivity contribution in [2.45, 2.75) is 12.3 Å². The standard InChI is InChI=1S/C15H21NO3/c1-2-19-13-5-3-12(4-6-13)15(10-18-11-15)14(7-16)8-17-9-14/h3-6H,2,7-11,16H2,1H3. The Morgan fingerprint density at radius 1 is 1.11 bits per heavy atom. The first-order valence-electron chi connectivity index (χ1n) is 6.85. The summed E-state index contributed by atoms with van der Waals surface area (Å²) in [5.41, 5.74) is 7.37. The third kappa shape index (κ3) is 1.78. The van der Waals surface area contributed by atoms with Gasteiger partial charge in [0, 0.05) is 12.0 Å². The van der Waals surface area contributed by atoms with E-state index in [-0.39, 0.29) is 10.8 Å². The van der Waals surface area contributed by atoms with E-state index in [1.54, 1.807) is 0 Å². The van der Waals surface area contributed by atoms with E-state index in [1.165, 1.54) is 5.56 Å². The molecule has 0 aromatic heterocycles. The van der Waals surface area contributed by atoms with Gasteiger partial charge < -0.3 is 19.9 Å². The van der Waals surface area contributed by atoms with Gasteiger partial charge in [-0.05, 0) is 24.6 Å². The van der Waals surface area contributed by atoms with Crippen molar-refractivity contribution in [1.82, 2.24) is 0 Å². The number of nitrogens with two attached hydrogens (primary N) is 1. The van der Waals surface area contributed by atoms with Gasteiger partial charge in [0.2, 0.25) is 0 Å². The van der Waals surface area contributed by atoms with Crippen LogP contribution in [0.5, 0.6) is 5.75 Å². The van der Waals surface area contributed by atoms with Gasteiger partial charge in [-0.15, -0.1) is 0 Å². The Morgan fingerprint density at radius 3 is 2.11 bits per heavy atom. The van der Waals surface area contributed by atoms with Crippen LogP contribution in [0.15, 0.2) is 24.3 Å². The van der Waals surface area contributed by atoms with Crippen molar-refractivity contribution in [1.29, 1.82) is 0 Å². The van der Waals surface area contributed by atoms with Gasteiger partial charge in [0.25, 0.3) is 0 Å². The molecule has 0 unspecified atom stereocenters. The summed E-state index contributed by atoms with van der Waals surface area (Å²) in [4.78, 5) is 0. The molecule has 0 saturated carbocycles. The monoisotopic (exact) mass is 263 g/mol. The largest absolute Gasteiger partial charge is 0.494 e. The molecule has 0 spiro atoms. The Labute approximate surface area is 113 Å². The van der Waals surface area contributed by atoms with E-state index in [1.807, 2.05) is 19.1 Å². The van der Waals surface area contributed by atoms with E-state index in [2.05, 4.69) is 12.1 Å². The molecule has 3 rings (SSSR count). The van der Waals surface area contributed by atoms with Crippen LogP contribution in [0.4, 0.5) is 0 Å². The zero-order valence-electron chi connectivity index (χ0n) is 11.4. The molecule has 104 valence electrons. The van der Waals surface area contributed by atoms with E-state index in [0.29, 0.717) is 13.2 Å². The fraction of sp³-hybridized carbons (Fsp3) is 0.600. The van der Waals surface area contributed by atoms with Gasteiger partial charge in [-0.2, -0.15) is 0 Å². The summed E-state index contributed by atoms with van der Waals surface area (Å²) in [7, 11) is 0. The SMILES string of the molecule is CCOc1ccc(C2(C3(CN)COC3)COC2)cc1. The molecule has 0 radical (unpaired) electrons. The lowest BCUT2D eigenvalue weighted by molar-refractivity contribution is -0.223. The molecule has 2 fully saturated rings. The molecule has 2 aliphatic rings. The number of hydrogen-bond acceptors (Lipinski definition) is 4. The summed E-state index contributed by atoms with van der Waals surface area (Å²) in [5.74, 6) is 0.910. The van der Waals surface area contributed by atoms with E-state index in [0.717, 1.165) is 32.2 Å². The number of benzene rings is 1. The molecule has 2 saturated heterocycles. The Kier molecular flexibility index (Phi) is 3.25. The van der Waals surface area contributed by atoms with Crippen LogP contribution in [-0.2, 0) is 14.9 Å². The van der Waals surface area contributed by atoms with Crippen LogP contribution in [0.1, 0.15) is 12.5 Å². The van der Waals surface area contributed by atoms with E-state index < -0.39 is 0 Å². The minimum absolute atomic E-state index is 0.0186. The summed E-state index contributed by atoms with van der Waals surface area (Å²) >= 11 is 0. The normalized spacial score (nSPS) is 23.3. The maximum atomic E-state index is 6.02. The highest BCUT2D eigenvalue weighted by atomic mass is 16.5. The van der Waals surface area contributed by atoms with Gasteiger partial charge >= 0.3 is 0 Å². The Hall–Kier alpha value is -1.10. The molecule has 0 bridgehead atoms. The summed E-state index contributed by atoms with van der Waals surface area (Å²) in [6, 6.07) is 8.35. The third-order valence-corrected chi connectivity index (χ3v) is 4.58. The highest BCUT2D eigenvalue weighted by Gasteiger charge is 2.60. The van der Waals surface area contributed by atoms with Gasteiger partial charge in [-0.1, -0.05) is 12.1 Å². The van der Waals surface area contributed by atoms with Crippen LogP contribution >= 0.6 is 0 Å². The molecule has 0 atom stereocenters. The molecule has 4 heteroatoms. The fourth-order valence-electron chi connectivity index (χ4n) is 3.06. The van der Waals surface area contributed by atoms with Gasteiger partial charge in [0.1, 0.15) is 5.75 Å². The predicted octanol–water partition coefficient (Wildman–Crippen LogP) is 1.33. The Balaban J connectivity index is 1.89. The number of rotatable bonds is 5. The van der Waals surface area contributed by atoms with E-state index >= 15 is 0 Å². The maximum absolute atomic E-state index is 6.02. The molecule has 4 nitrogen and oxygen atoms in total. The van der Waals surface area contributed by atoms with Gasteiger partial charge in [-0.25, -0.2) is 0 Å². The second kappa shape index (κ2) is 4.78. The summed E-state index contributed by atoms with van der Waals surface area (Å²) in [6.45, 7) is 6.27. The molecule has 0 aliphatic carbocycles. The topological polar surface area (TPSA) is 53.7 Å². The first kappa shape index (κ1) is 12.9. The number of ether oxygens (including phenoxy) is 3. The van der Waals surface area contributed by atoms with E-state index in [9.17, 15) is 0 Å². The first-order valence-corrected chi connectivity index (χ1v) is 6.85. The van der Waals surface area contributed by atoms with Crippen LogP contribution in [0, 0.1) is 5.41 Å². The Morgan fingerprint density at radius 2 is 1.74 bits per heavy atom. The van der Waals surface area contributed by atoms with Crippen molar-refractivity contribution in [3.63, 3.8) is 0 Å². The molecule has 2 N–H and O–H groups in total.